The maximum Gasteiger partial charge on any atom is 0.227 e. The third-order valence-corrected chi connectivity index (χ3v) is 2.91. The highest BCUT2D eigenvalue weighted by atomic mass is 16.2. The van der Waals surface area contributed by atoms with Crippen LogP contribution in [0.15, 0.2) is 12.2 Å². The van der Waals surface area contributed by atoms with Crippen LogP contribution in [0.2, 0.25) is 0 Å². The van der Waals surface area contributed by atoms with Gasteiger partial charge in [0.2, 0.25) is 5.91 Å². The molecule has 0 spiro atoms. The van der Waals surface area contributed by atoms with Crippen LogP contribution in [0, 0.1) is 11.8 Å². The third kappa shape index (κ3) is 1.50. The minimum absolute atomic E-state index is 0.0179. The standard InChI is InChI=1S/C10H13NO2/c12-6-8-5-7-3-1-2-4-9(7)10(13)11-8/h2,4,6-9H,1,3,5H2,(H,11,13). The molecule has 3 unspecified atom stereocenters. The Morgan fingerprint density at radius 1 is 1.54 bits per heavy atom. The van der Waals surface area contributed by atoms with Crippen molar-refractivity contribution in [3.05, 3.63) is 12.2 Å². The highest BCUT2D eigenvalue weighted by molar-refractivity contribution is 5.85. The SMILES string of the molecule is O=CC1CC2CCC=CC2C(=O)N1. The van der Waals surface area contributed by atoms with Crippen LogP contribution >= 0.6 is 0 Å². The summed E-state index contributed by atoms with van der Waals surface area (Å²) in [5.41, 5.74) is 0. The Bertz CT molecular complexity index is 260. The number of carbonyl (C=O) groups excluding carboxylic acids is 2. The van der Waals surface area contributed by atoms with E-state index in [2.05, 4.69) is 11.4 Å². The van der Waals surface area contributed by atoms with E-state index in [4.69, 9.17) is 0 Å². The number of fused-ring (bicyclic) bond motifs is 1. The largest absolute Gasteiger partial charge is 0.346 e. The molecular formula is C10H13NO2. The van der Waals surface area contributed by atoms with Crippen molar-refractivity contribution in [1.82, 2.24) is 5.32 Å². The van der Waals surface area contributed by atoms with Gasteiger partial charge in [0, 0.05) is 0 Å². The summed E-state index contributed by atoms with van der Waals surface area (Å²) in [6, 6.07) is -0.250. The second-order valence-electron chi connectivity index (χ2n) is 3.78. The number of aldehydes is 1. The molecule has 1 saturated heterocycles. The third-order valence-electron chi connectivity index (χ3n) is 2.91. The zero-order valence-electron chi connectivity index (χ0n) is 7.40. The summed E-state index contributed by atoms with van der Waals surface area (Å²) in [5.74, 6) is 0.420. The van der Waals surface area contributed by atoms with Crippen molar-refractivity contribution in [2.75, 3.05) is 0 Å². The molecule has 1 aliphatic carbocycles. The number of amides is 1. The second kappa shape index (κ2) is 3.32. The predicted octanol–water partition coefficient (Wildman–Crippen LogP) is 0.656. The van der Waals surface area contributed by atoms with Crippen LogP contribution in [0.3, 0.4) is 0 Å². The first kappa shape index (κ1) is 8.48. The fourth-order valence-corrected chi connectivity index (χ4v) is 2.21. The van der Waals surface area contributed by atoms with E-state index < -0.39 is 0 Å². The Morgan fingerprint density at radius 3 is 3.15 bits per heavy atom. The van der Waals surface area contributed by atoms with Gasteiger partial charge in [0.1, 0.15) is 6.29 Å². The normalized spacial score (nSPS) is 37.8. The van der Waals surface area contributed by atoms with Gasteiger partial charge in [-0.25, -0.2) is 0 Å². The molecule has 0 radical (unpaired) electrons. The molecule has 0 saturated carbocycles. The Balaban J connectivity index is 2.14. The Kier molecular flexibility index (Phi) is 2.17. The van der Waals surface area contributed by atoms with Gasteiger partial charge in [0.05, 0.1) is 12.0 Å². The van der Waals surface area contributed by atoms with Crippen molar-refractivity contribution in [2.24, 2.45) is 11.8 Å². The molecule has 0 aromatic heterocycles. The van der Waals surface area contributed by atoms with E-state index in [-0.39, 0.29) is 17.9 Å². The molecule has 1 aliphatic heterocycles. The Morgan fingerprint density at radius 2 is 2.38 bits per heavy atom. The number of nitrogens with one attached hydrogen (secondary N) is 1. The molecule has 70 valence electrons. The average Bonchev–Trinajstić information content (AvgIpc) is 2.18. The van der Waals surface area contributed by atoms with E-state index >= 15 is 0 Å². The molecule has 1 amide bonds. The van der Waals surface area contributed by atoms with E-state index in [1.165, 1.54) is 0 Å². The lowest BCUT2D eigenvalue weighted by atomic mass is 9.77. The molecular weight excluding hydrogens is 166 g/mol. The molecule has 3 nitrogen and oxygen atoms in total. The topological polar surface area (TPSA) is 46.2 Å². The summed E-state index contributed by atoms with van der Waals surface area (Å²) < 4.78 is 0. The van der Waals surface area contributed by atoms with Crippen LogP contribution in [0.4, 0.5) is 0 Å². The summed E-state index contributed by atoms with van der Waals surface area (Å²) in [6.07, 6.45) is 7.77. The van der Waals surface area contributed by atoms with E-state index in [0.717, 1.165) is 25.5 Å². The zero-order valence-corrected chi connectivity index (χ0v) is 7.40. The lowest BCUT2D eigenvalue weighted by molar-refractivity contribution is -0.131. The van der Waals surface area contributed by atoms with Gasteiger partial charge in [-0.15, -0.1) is 0 Å². The number of allylic oxidation sites excluding steroid dienone is 1. The van der Waals surface area contributed by atoms with Crippen molar-refractivity contribution < 1.29 is 9.59 Å². The number of hydrogen-bond donors (Lipinski definition) is 1. The highest BCUT2D eigenvalue weighted by Crippen LogP contribution is 2.31. The smallest absolute Gasteiger partial charge is 0.227 e. The van der Waals surface area contributed by atoms with Crippen molar-refractivity contribution in [3.63, 3.8) is 0 Å². The van der Waals surface area contributed by atoms with Gasteiger partial charge in [0.25, 0.3) is 0 Å². The molecule has 0 aromatic carbocycles. The molecule has 3 heteroatoms. The van der Waals surface area contributed by atoms with Crippen molar-refractivity contribution in [2.45, 2.75) is 25.3 Å². The summed E-state index contributed by atoms with van der Waals surface area (Å²) in [6.45, 7) is 0. The molecule has 3 atom stereocenters. The number of piperidine rings is 1. The molecule has 2 rings (SSSR count). The zero-order chi connectivity index (χ0) is 9.26. The van der Waals surface area contributed by atoms with Gasteiger partial charge in [-0.05, 0) is 25.2 Å². The van der Waals surface area contributed by atoms with Gasteiger partial charge >= 0.3 is 0 Å². The van der Waals surface area contributed by atoms with Gasteiger partial charge in [0.15, 0.2) is 0 Å². The van der Waals surface area contributed by atoms with Crippen LogP contribution in [0.25, 0.3) is 0 Å². The Hall–Kier alpha value is -1.12. The van der Waals surface area contributed by atoms with Crippen LogP contribution in [0.5, 0.6) is 0 Å². The first-order valence-corrected chi connectivity index (χ1v) is 4.73. The van der Waals surface area contributed by atoms with E-state index in [9.17, 15) is 9.59 Å². The van der Waals surface area contributed by atoms with E-state index in [0.29, 0.717) is 5.92 Å². The van der Waals surface area contributed by atoms with Gasteiger partial charge in [-0.3, -0.25) is 4.79 Å². The maximum absolute atomic E-state index is 11.5. The number of carbonyl (C=O) groups is 2. The first-order chi connectivity index (χ1) is 6.31. The molecule has 1 heterocycles. The highest BCUT2D eigenvalue weighted by Gasteiger charge is 2.35. The monoisotopic (exact) mass is 179 g/mol. The minimum Gasteiger partial charge on any atom is -0.346 e. The van der Waals surface area contributed by atoms with Crippen molar-refractivity contribution in [1.29, 1.82) is 0 Å². The first-order valence-electron chi connectivity index (χ1n) is 4.73. The van der Waals surface area contributed by atoms with Gasteiger partial charge in [-0.2, -0.15) is 0 Å². The fourth-order valence-electron chi connectivity index (χ4n) is 2.21. The molecule has 2 aliphatic rings. The van der Waals surface area contributed by atoms with Crippen LogP contribution in [-0.4, -0.2) is 18.2 Å². The summed E-state index contributed by atoms with van der Waals surface area (Å²) in [4.78, 5) is 22.0. The van der Waals surface area contributed by atoms with E-state index in [1.807, 2.05) is 6.08 Å². The molecule has 1 N–H and O–H groups in total. The minimum atomic E-state index is -0.250. The molecule has 0 bridgehead atoms. The predicted molar refractivity (Wildman–Crippen MR) is 48.0 cm³/mol. The Labute approximate surface area is 77.2 Å². The lowest BCUT2D eigenvalue weighted by Crippen LogP contribution is -2.49. The van der Waals surface area contributed by atoms with E-state index in [1.54, 1.807) is 0 Å². The van der Waals surface area contributed by atoms with Gasteiger partial charge in [-0.1, -0.05) is 12.2 Å². The average molecular weight is 179 g/mol. The number of rotatable bonds is 1. The molecule has 13 heavy (non-hydrogen) atoms. The summed E-state index contributed by atoms with van der Waals surface area (Å²) in [5, 5.41) is 2.71. The fraction of sp³-hybridized carbons (Fsp3) is 0.600. The van der Waals surface area contributed by atoms with Crippen LogP contribution in [-0.2, 0) is 9.59 Å². The molecule has 0 aromatic rings. The summed E-state index contributed by atoms with van der Waals surface area (Å²) >= 11 is 0. The van der Waals surface area contributed by atoms with Gasteiger partial charge < -0.3 is 10.1 Å². The van der Waals surface area contributed by atoms with Crippen molar-refractivity contribution in [3.8, 4) is 0 Å². The van der Waals surface area contributed by atoms with Crippen molar-refractivity contribution >= 4 is 12.2 Å². The molecule has 1 fully saturated rings. The summed E-state index contributed by atoms with van der Waals surface area (Å²) in [7, 11) is 0. The quantitative estimate of drug-likeness (QED) is 0.474. The second-order valence-corrected chi connectivity index (χ2v) is 3.78. The lowest BCUT2D eigenvalue weighted by Gasteiger charge is -2.34. The number of hydrogen-bond acceptors (Lipinski definition) is 2. The van der Waals surface area contributed by atoms with Crippen LogP contribution in [0.1, 0.15) is 19.3 Å². The maximum atomic E-state index is 11.5. The van der Waals surface area contributed by atoms with Crippen LogP contribution < -0.4 is 5.32 Å².